The van der Waals surface area contributed by atoms with Gasteiger partial charge in [-0.15, -0.1) is 0 Å². The predicted octanol–water partition coefficient (Wildman–Crippen LogP) is 3.09. The summed E-state index contributed by atoms with van der Waals surface area (Å²) in [4.78, 5) is 35.6. The lowest BCUT2D eigenvalue weighted by Gasteiger charge is -2.17. The largest absolute Gasteiger partial charge is 0.340 e. The lowest BCUT2D eigenvalue weighted by atomic mass is 10.0. The highest BCUT2D eigenvalue weighted by Gasteiger charge is 2.21. The normalized spacial score (nSPS) is 11.6. The van der Waals surface area contributed by atoms with E-state index in [4.69, 9.17) is 0 Å². The Labute approximate surface area is 178 Å². The summed E-state index contributed by atoms with van der Waals surface area (Å²) in [5, 5.41) is 17.5. The molecule has 0 fully saturated rings. The molecule has 3 aromatic rings. The number of benzene rings is 3. The van der Waals surface area contributed by atoms with Crippen molar-refractivity contribution in [2.45, 2.75) is 12.5 Å². The smallest absolute Gasteiger partial charge is 0.270 e. The average Bonchev–Trinajstić information content (AvgIpc) is 2.80. The van der Waals surface area contributed by atoms with E-state index in [0.29, 0.717) is 11.1 Å². The second kappa shape index (κ2) is 10.4. The molecule has 0 heterocycles. The van der Waals surface area contributed by atoms with Crippen LogP contribution in [0.15, 0.2) is 90.0 Å². The van der Waals surface area contributed by atoms with Gasteiger partial charge in [0.25, 0.3) is 17.5 Å². The van der Waals surface area contributed by atoms with Crippen LogP contribution < -0.4 is 10.7 Å². The summed E-state index contributed by atoms with van der Waals surface area (Å²) in [7, 11) is 0. The van der Waals surface area contributed by atoms with E-state index in [9.17, 15) is 19.7 Å². The van der Waals surface area contributed by atoms with Crippen LogP contribution in [0.4, 0.5) is 5.69 Å². The average molecular weight is 416 g/mol. The lowest BCUT2D eigenvalue weighted by molar-refractivity contribution is -0.384. The van der Waals surface area contributed by atoms with Gasteiger partial charge in [-0.05, 0) is 17.7 Å². The summed E-state index contributed by atoms with van der Waals surface area (Å²) in [5.41, 5.74) is 4.10. The molecular weight excluding hydrogens is 396 g/mol. The predicted molar refractivity (Wildman–Crippen MR) is 117 cm³/mol. The molecule has 2 amide bonds. The number of hydrogen-bond acceptors (Lipinski definition) is 5. The molecular formula is C23H20N4O4. The number of amides is 2. The van der Waals surface area contributed by atoms with E-state index < -0.39 is 16.9 Å². The summed E-state index contributed by atoms with van der Waals surface area (Å²) in [6.45, 7) is 0. The van der Waals surface area contributed by atoms with Crippen LogP contribution in [0.2, 0.25) is 0 Å². The molecule has 1 unspecified atom stereocenters. The monoisotopic (exact) mass is 416 g/mol. The Hall–Kier alpha value is -4.33. The van der Waals surface area contributed by atoms with Gasteiger partial charge in [0.05, 0.1) is 11.1 Å². The SMILES string of the molecule is O=C(NC(Cc1ccccc1)C(=O)NN=Cc1cccc([N+](=O)[O-])c1)c1ccccc1. The zero-order chi connectivity index (χ0) is 22.1. The molecule has 0 saturated heterocycles. The highest BCUT2D eigenvalue weighted by Crippen LogP contribution is 2.11. The molecule has 0 aliphatic heterocycles. The van der Waals surface area contributed by atoms with Crippen LogP contribution in [-0.2, 0) is 11.2 Å². The molecule has 0 bridgehead atoms. The Bertz CT molecular complexity index is 1090. The third kappa shape index (κ3) is 6.33. The molecule has 1 atom stereocenters. The first-order chi connectivity index (χ1) is 15.0. The van der Waals surface area contributed by atoms with Gasteiger partial charge in [-0.2, -0.15) is 5.10 Å². The molecule has 3 rings (SSSR count). The zero-order valence-electron chi connectivity index (χ0n) is 16.5. The quantitative estimate of drug-likeness (QED) is 0.334. The summed E-state index contributed by atoms with van der Waals surface area (Å²) in [5.74, 6) is -0.880. The highest BCUT2D eigenvalue weighted by atomic mass is 16.6. The third-order valence-electron chi connectivity index (χ3n) is 4.41. The maximum Gasteiger partial charge on any atom is 0.270 e. The first-order valence-electron chi connectivity index (χ1n) is 9.50. The number of nitrogens with one attached hydrogen (secondary N) is 2. The van der Waals surface area contributed by atoms with E-state index in [1.165, 1.54) is 24.4 Å². The van der Waals surface area contributed by atoms with Crippen molar-refractivity contribution in [1.29, 1.82) is 0 Å². The molecule has 8 heteroatoms. The minimum atomic E-state index is -0.864. The Morgan fingerprint density at radius 1 is 0.968 bits per heavy atom. The molecule has 8 nitrogen and oxygen atoms in total. The van der Waals surface area contributed by atoms with E-state index in [1.807, 2.05) is 30.3 Å². The van der Waals surface area contributed by atoms with Crippen molar-refractivity contribution >= 4 is 23.7 Å². The third-order valence-corrected chi connectivity index (χ3v) is 4.41. The van der Waals surface area contributed by atoms with Crippen LogP contribution in [0, 0.1) is 10.1 Å². The Kier molecular flexibility index (Phi) is 7.21. The number of carbonyl (C=O) groups excluding carboxylic acids is 2. The molecule has 3 aromatic carbocycles. The van der Waals surface area contributed by atoms with Crippen molar-refractivity contribution in [2.75, 3.05) is 0 Å². The van der Waals surface area contributed by atoms with Gasteiger partial charge in [-0.3, -0.25) is 19.7 Å². The van der Waals surface area contributed by atoms with Crippen LogP contribution in [0.5, 0.6) is 0 Å². The van der Waals surface area contributed by atoms with Crippen LogP contribution in [0.25, 0.3) is 0 Å². The van der Waals surface area contributed by atoms with Crippen LogP contribution in [0.1, 0.15) is 21.5 Å². The van der Waals surface area contributed by atoms with Crippen molar-refractivity contribution < 1.29 is 14.5 Å². The van der Waals surface area contributed by atoms with Gasteiger partial charge in [0.15, 0.2) is 0 Å². The van der Waals surface area contributed by atoms with Gasteiger partial charge in [-0.1, -0.05) is 60.7 Å². The zero-order valence-corrected chi connectivity index (χ0v) is 16.5. The molecule has 0 aliphatic carbocycles. The van der Waals surface area contributed by atoms with Crippen LogP contribution in [0.3, 0.4) is 0 Å². The van der Waals surface area contributed by atoms with Crippen molar-refractivity contribution in [3.05, 3.63) is 112 Å². The number of carbonyl (C=O) groups is 2. The van der Waals surface area contributed by atoms with Crippen molar-refractivity contribution in [3.63, 3.8) is 0 Å². The van der Waals surface area contributed by atoms with Gasteiger partial charge in [0.1, 0.15) is 6.04 Å². The first kappa shape index (κ1) is 21.4. The molecule has 0 aliphatic rings. The fourth-order valence-electron chi connectivity index (χ4n) is 2.86. The number of nitro groups is 1. The second-order valence-corrected chi connectivity index (χ2v) is 6.67. The van der Waals surface area contributed by atoms with Crippen molar-refractivity contribution in [1.82, 2.24) is 10.7 Å². The molecule has 0 saturated carbocycles. The number of non-ortho nitro benzene ring substituents is 1. The molecule has 0 spiro atoms. The standard InChI is InChI=1S/C23H20N4O4/c28-22(19-11-5-2-6-12-19)25-21(15-17-8-3-1-4-9-17)23(29)26-24-16-18-10-7-13-20(14-18)27(30)31/h1-14,16,21H,15H2,(H,25,28)(H,26,29). The summed E-state index contributed by atoms with van der Waals surface area (Å²) in [6.07, 6.45) is 1.58. The molecule has 31 heavy (non-hydrogen) atoms. The lowest BCUT2D eigenvalue weighted by Crippen LogP contribution is -2.46. The van der Waals surface area contributed by atoms with Crippen LogP contribution in [-0.4, -0.2) is 29.0 Å². The number of rotatable bonds is 8. The van der Waals surface area contributed by atoms with Crippen molar-refractivity contribution in [2.24, 2.45) is 5.10 Å². The Balaban J connectivity index is 1.71. The summed E-state index contributed by atoms with van der Waals surface area (Å²) in [6, 6.07) is 22.9. The van der Waals surface area contributed by atoms with Gasteiger partial charge >= 0.3 is 0 Å². The van der Waals surface area contributed by atoms with E-state index in [-0.39, 0.29) is 18.0 Å². The molecule has 156 valence electrons. The second-order valence-electron chi connectivity index (χ2n) is 6.67. The van der Waals surface area contributed by atoms with E-state index in [0.717, 1.165) is 5.56 Å². The van der Waals surface area contributed by atoms with Gasteiger partial charge in [0, 0.05) is 29.7 Å². The number of nitrogens with zero attached hydrogens (tertiary/aromatic N) is 2. The molecule has 0 radical (unpaired) electrons. The number of hydrogen-bond donors (Lipinski definition) is 2. The summed E-state index contributed by atoms with van der Waals surface area (Å²) < 4.78 is 0. The highest BCUT2D eigenvalue weighted by molar-refractivity contribution is 5.97. The fraction of sp³-hybridized carbons (Fsp3) is 0.0870. The molecule has 2 N–H and O–H groups in total. The minimum absolute atomic E-state index is 0.0765. The van der Waals surface area contributed by atoms with Crippen molar-refractivity contribution in [3.8, 4) is 0 Å². The molecule has 0 aromatic heterocycles. The van der Waals surface area contributed by atoms with Crippen LogP contribution >= 0.6 is 0 Å². The Morgan fingerprint density at radius 3 is 2.32 bits per heavy atom. The number of hydrazone groups is 1. The van der Waals surface area contributed by atoms with E-state index in [2.05, 4.69) is 15.8 Å². The fourth-order valence-corrected chi connectivity index (χ4v) is 2.86. The summed E-state index contributed by atoms with van der Waals surface area (Å²) >= 11 is 0. The maximum absolute atomic E-state index is 12.7. The van der Waals surface area contributed by atoms with Gasteiger partial charge in [0.2, 0.25) is 0 Å². The van der Waals surface area contributed by atoms with Gasteiger partial charge in [-0.25, -0.2) is 5.43 Å². The topological polar surface area (TPSA) is 114 Å². The maximum atomic E-state index is 12.7. The first-order valence-corrected chi connectivity index (χ1v) is 9.50. The minimum Gasteiger partial charge on any atom is -0.340 e. The van der Waals surface area contributed by atoms with E-state index >= 15 is 0 Å². The van der Waals surface area contributed by atoms with E-state index in [1.54, 1.807) is 36.4 Å². The van der Waals surface area contributed by atoms with Gasteiger partial charge < -0.3 is 5.32 Å². The Morgan fingerprint density at radius 2 is 1.65 bits per heavy atom. The number of nitro benzene ring substituents is 1.